The number of thioether (sulfide) groups is 1. The van der Waals surface area contributed by atoms with Crippen molar-refractivity contribution in [1.82, 2.24) is 4.90 Å². The maximum atomic E-state index is 12.3. The van der Waals surface area contributed by atoms with Crippen molar-refractivity contribution in [3.8, 4) is 11.3 Å². The molecule has 0 bridgehead atoms. The van der Waals surface area contributed by atoms with E-state index in [9.17, 15) is 14.4 Å². The van der Waals surface area contributed by atoms with Crippen LogP contribution in [0.1, 0.15) is 30.0 Å². The van der Waals surface area contributed by atoms with Crippen LogP contribution in [0.4, 0.5) is 4.79 Å². The number of nitrogens with zero attached hydrogens (tertiary/aromatic N) is 1. The van der Waals surface area contributed by atoms with Crippen LogP contribution >= 0.6 is 11.8 Å². The monoisotopic (exact) mass is 371 g/mol. The number of methoxy groups -OCH3 is 1. The third-order valence-electron chi connectivity index (χ3n) is 3.84. The van der Waals surface area contributed by atoms with Crippen molar-refractivity contribution >= 4 is 35.0 Å². The van der Waals surface area contributed by atoms with Gasteiger partial charge in [-0.2, -0.15) is 0 Å². The van der Waals surface area contributed by atoms with Gasteiger partial charge < -0.3 is 9.15 Å². The Kier molecular flexibility index (Phi) is 4.99. The zero-order valence-corrected chi connectivity index (χ0v) is 15.3. The number of rotatable bonds is 4. The number of hydrogen-bond acceptors (Lipinski definition) is 6. The van der Waals surface area contributed by atoms with Crippen LogP contribution in [0.2, 0.25) is 0 Å². The molecular weight excluding hydrogens is 354 g/mol. The number of esters is 1. The zero-order chi connectivity index (χ0) is 18.8. The SMILES string of the molecule is COC(=O)c1ccccc1-c1ccc(/C=C2/SC(=O)N(C(C)C)C2=O)o1. The van der Waals surface area contributed by atoms with E-state index in [-0.39, 0.29) is 17.2 Å². The smallest absolute Gasteiger partial charge is 0.338 e. The van der Waals surface area contributed by atoms with E-state index in [2.05, 4.69) is 0 Å². The van der Waals surface area contributed by atoms with Gasteiger partial charge in [-0.3, -0.25) is 14.5 Å². The summed E-state index contributed by atoms with van der Waals surface area (Å²) in [4.78, 5) is 37.7. The minimum Gasteiger partial charge on any atom is -0.465 e. The lowest BCUT2D eigenvalue weighted by atomic mass is 10.1. The zero-order valence-electron chi connectivity index (χ0n) is 14.5. The minimum absolute atomic E-state index is 0.201. The summed E-state index contributed by atoms with van der Waals surface area (Å²) in [6.07, 6.45) is 1.54. The number of ether oxygens (including phenoxy) is 1. The fourth-order valence-corrected chi connectivity index (χ4v) is 3.56. The van der Waals surface area contributed by atoms with Gasteiger partial charge in [0, 0.05) is 17.7 Å². The Morgan fingerprint density at radius 1 is 1.19 bits per heavy atom. The summed E-state index contributed by atoms with van der Waals surface area (Å²) in [5, 5.41) is -0.293. The first-order valence-electron chi connectivity index (χ1n) is 7.97. The van der Waals surface area contributed by atoms with Gasteiger partial charge in [0.1, 0.15) is 11.5 Å². The standard InChI is InChI=1S/C19H17NO5S/c1-11(2)20-17(21)16(26-19(20)23)10-12-8-9-15(25-12)13-6-4-5-7-14(13)18(22)24-3/h4-11H,1-3H3/b16-10+. The molecule has 0 N–H and O–H groups in total. The summed E-state index contributed by atoms with van der Waals surface area (Å²) in [5.41, 5.74) is 0.977. The second-order valence-corrected chi connectivity index (χ2v) is 6.88. The average molecular weight is 371 g/mol. The van der Waals surface area contributed by atoms with Crippen molar-refractivity contribution in [1.29, 1.82) is 0 Å². The molecule has 7 heteroatoms. The second-order valence-electron chi connectivity index (χ2n) is 5.88. The molecule has 2 heterocycles. The molecule has 3 rings (SSSR count). The van der Waals surface area contributed by atoms with E-state index in [1.807, 2.05) is 0 Å². The van der Waals surface area contributed by atoms with Crippen LogP contribution < -0.4 is 0 Å². The largest absolute Gasteiger partial charge is 0.465 e. The predicted octanol–water partition coefficient (Wildman–Crippen LogP) is 4.18. The van der Waals surface area contributed by atoms with Crippen molar-refractivity contribution in [2.75, 3.05) is 7.11 Å². The van der Waals surface area contributed by atoms with Gasteiger partial charge in [-0.15, -0.1) is 0 Å². The molecule has 0 saturated carbocycles. The lowest BCUT2D eigenvalue weighted by Crippen LogP contribution is -2.34. The first-order chi connectivity index (χ1) is 12.4. The highest BCUT2D eigenvalue weighted by Gasteiger charge is 2.36. The van der Waals surface area contributed by atoms with Crippen LogP contribution in [0.5, 0.6) is 0 Å². The summed E-state index contributed by atoms with van der Waals surface area (Å²) >= 11 is 0.886. The Morgan fingerprint density at radius 3 is 2.58 bits per heavy atom. The topological polar surface area (TPSA) is 76.8 Å². The van der Waals surface area contributed by atoms with Gasteiger partial charge in [0.2, 0.25) is 0 Å². The third kappa shape index (κ3) is 3.30. The molecule has 0 radical (unpaired) electrons. The van der Waals surface area contributed by atoms with Gasteiger partial charge in [0.15, 0.2) is 0 Å². The summed E-state index contributed by atoms with van der Waals surface area (Å²) < 4.78 is 10.6. The van der Waals surface area contributed by atoms with Gasteiger partial charge in [-0.1, -0.05) is 18.2 Å². The van der Waals surface area contributed by atoms with Crippen LogP contribution in [-0.4, -0.2) is 35.2 Å². The molecule has 134 valence electrons. The van der Waals surface area contributed by atoms with Crippen molar-refractivity contribution in [3.05, 3.63) is 52.6 Å². The third-order valence-corrected chi connectivity index (χ3v) is 4.72. The normalized spacial score (nSPS) is 16.0. The first kappa shape index (κ1) is 18.0. The van der Waals surface area contributed by atoms with Crippen LogP contribution in [-0.2, 0) is 9.53 Å². The molecule has 2 amide bonds. The number of amides is 2. The molecule has 1 aromatic carbocycles. The van der Waals surface area contributed by atoms with Crippen molar-refractivity contribution in [2.24, 2.45) is 0 Å². The molecule has 1 aliphatic heterocycles. The quantitative estimate of drug-likeness (QED) is 0.593. The summed E-state index contributed by atoms with van der Waals surface area (Å²) in [5.74, 6) is 0.105. The molecule has 2 aromatic rings. The Hall–Kier alpha value is -2.80. The van der Waals surface area contributed by atoms with Crippen LogP contribution in [0.3, 0.4) is 0 Å². The molecule has 1 aliphatic rings. The highest BCUT2D eigenvalue weighted by Crippen LogP contribution is 2.34. The fraction of sp³-hybridized carbons (Fsp3) is 0.211. The lowest BCUT2D eigenvalue weighted by molar-refractivity contribution is -0.123. The van der Waals surface area contributed by atoms with Crippen molar-refractivity contribution in [3.63, 3.8) is 0 Å². The average Bonchev–Trinajstić information content (AvgIpc) is 3.19. The summed E-state index contributed by atoms with van der Waals surface area (Å²) in [6.45, 7) is 3.57. The van der Waals surface area contributed by atoms with Gasteiger partial charge in [-0.05, 0) is 43.8 Å². The summed E-state index contributed by atoms with van der Waals surface area (Å²) in [7, 11) is 1.32. The van der Waals surface area contributed by atoms with E-state index in [4.69, 9.17) is 9.15 Å². The predicted molar refractivity (Wildman–Crippen MR) is 98.4 cm³/mol. The molecule has 6 nitrogen and oxygen atoms in total. The molecule has 26 heavy (non-hydrogen) atoms. The molecule has 0 aliphatic carbocycles. The Labute approximate surface area is 154 Å². The molecule has 0 spiro atoms. The summed E-state index contributed by atoms with van der Waals surface area (Å²) in [6, 6.07) is 10.1. The van der Waals surface area contributed by atoms with Crippen LogP contribution in [0.25, 0.3) is 17.4 Å². The number of furan rings is 1. The van der Waals surface area contributed by atoms with E-state index in [1.165, 1.54) is 18.1 Å². The highest BCUT2D eigenvalue weighted by molar-refractivity contribution is 8.18. The van der Waals surface area contributed by atoms with Gasteiger partial charge in [0.05, 0.1) is 17.6 Å². The minimum atomic E-state index is -0.461. The van der Waals surface area contributed by atoms with E-state index in [1.54, 1.807) is 50.2 Å². The number of carbonyl (C=O) groups excluding carboxylic acids is 3. The molecule has 0 atom stereocenters. The molecule has 1 fully saturated rings. The van der Waals surface area contributed by atoms with E-state index < -0.39 is 5.97 Å². The van der Waals surface area contributed by atoms with E-state index in [0.717, 1.165) is 11.8 Å². The second kappa shape index (κ2) is 7.21. The highest BCUT2D eigenvalue weighted by atomic mass is 32.2. The maximum absolute atomic E-state index is 12.3. The Balaban J connectivity index is 1.92. The molecular formula is C19H17NO5S. The number of hydrogen-bond donors (Lipinski definition) is 0. The first-order valence-corrected chi connectivity index (χ1v) is 8.78. The maximum Gasteiger partial charge on any atom is 0.338 e. The van der Waals surface area contributed by atoms with Crippen molar-refractivity contribution < 1.29 is 23.5 Å². The molecule has 1 aromatic heterocycles. The number of imide groups is 1. The number of benzene rings is 1. The number of carbonyl (C=O) groups is 3. The van der Waals surface area contributed by atoms with Crippen molar-refractivity contribution in [2.45, 2.75) is 19.9 Å². The fourth-order valence-electron chi connectivity index (χ4n) is 2.62. The van der Waals surface area contributed by atoms with Gasteiger partial charge >= 0.3 is 5.97 Å². The Morgan fingerprint density at radius 2 is 1.92 bits per heavy atom. The van der Waals surface area contributed by atoms with Crippen LogP contribution in [0.15, 0.2) is 45.7 Å². The lowest BCUT2D eigenvalue weighted by Gasteiger charge is -2.16. The van der Waals surface area contributed by atoms with Gasteiger partial charge in [-0.25, -0.2) is 4.79 Å². The van der Waals surface area contributed by atoms with E-state index >= 15 is 0 Å². The molecule has 0 unspecified atom stereocenters. The van der Waals surface area contributed by atoms with E-state index in [0.29, 0.717) is 27.6 Å². The Bertz CT molecular complexity index is 912. The van der Waals surface area contributed by atoms with Crippen LogP contribution in [0, 0.1) is 0 Å². The molecule has 1 saturated heterocycles. The van der Waals surface area contributed by atoms with Gasteiger partial charge in [0.25, 0.3) is 11.1 Å².